The fourth-order valence-electron chi connectivity index (χ4n) is 2.56. The summed E-state index contributed by atoms with van der Waals surface area (Å²) in [5.74, 6) is 0.268. The Morgan fingerprint density at radius 1 is 1.44 bits per heavy atom. The number of hydrogen-bond donors (Lipinski definition) is 0. The van der Waals surface area contributed by atoms with Crippen LogP contribution in [0.3, 0.4) is 0 Å². The molecule has 128 valence electrons. The first-order valence-electron chi connectivity index (χ1n) is 7.49. The van der Waals surface area contributed by atoms with Crippen LogP contribution in [0.2, 0.25) is 5.02 Å². The molecule has 0 amide bonds. The van der Waals surface area contributed by atoms with Crippen LogP contribution >= 0.6 is 11.6 Å². The lowest BCUT2D eigenvalue weighted by Gasteiger charge is -2.20. The highest BCUT2D eigenvalue weighted by atomic mass is 35.5. The van der Waals surface area contributed by atoms with Crippen molar-refractivity contribution in [3.8, 4) is 5.75 Å². The predicted octanol–water partition coefficient (Wildman–Crippen LogP) is 2.31. The summed E-state index contributed by atoms with van der Waals surface area (Å²) in [6.45, 7) is 2.38. The van der Waals surface area contributed by atoms with Crippen molar-refractivity contribution in [2.75, 3.05) is 6.79 Å². The Morgan fingerprint density at radius 3 is 3.16 bits per heavy atom. The molecule has 0 fully saturated rings. The number of ether oxygens (including phenoxy) is 3. The highest BCUT2D eigenvalue weighted by Crippen LogP contribution is 2.32. The molecule has 0 radical (unpaired) electrons. The van der Waals surface area contributed by atoms with E-state index in [-0.39, 0.29) is 19.2 Å². The molecule has 2 aromatic heterocycles. The van der Waals surface area contributed by atoms with Crippen molar-refractivity contribution in [1.82, 2.24) is 19.6 Å². The molecule has 0 unspecified atom stereocenters. The summed E-state index contributed by atoms with van der Waals surface area (Å²) in [7, 11) is 0. The average Bonchev–Trinajstić information content (AvgIpc) is 3.05. The van der Waals surface area contributed by atoms with Crippen molar-refractivity contribution in [1.29, 1.82) is 0 Å². The van der Waals surface area contributed by atoms with Gasteiger partial charge in [0.25, 0.3) is 11.6 Å². The van der Waals surface area contributed by atoms with Gasteiger partial charge < -0.3 is 14.2 Å². The lowest BCUT2D eigenvalue weighted by atomic mass is 10.1. The number of benzene rings is 1. The van der Waals surface area contributed by atoms with Gasteiger partial charge in [-0.05, 0) is 25.1 Å². The van der Waals surface area contributed by atoms with Crippen LogP contribution in [0.4, 0.5) is 0 Å². The zero-order valence-electron chi connectivity index (χ0n) is 13.2. The Kier molecular flexibility index (Phi) is 3.98. The standard InChI is InChI=1S/C16H13ClN4O4/c1-9-2-3-18-16-19-14(20-21(9)16)15(22)24-7-11-5-12(17)4-10-6-23-8-25-13(10)11/h2-5H,6-8H2,1H3. The number of halogens is 1. The van der Waals surface area contributed by atoms with E-state index in [1.54, 1.807) is 24.4 Å². The van der Waals surface area contributed by atoms with Gasteiger partial charge >= 0.3 is 5.97 Å². The van der Waals surface area contributed by atoms with Gasteiger partial charge in [-0.25, -0.2) is 14.3 Å². The van der Waals surface area contributed by atoms with Gasteiger partial charge in [0.05, 0.1) is 6.61 Å². The zero-order valence-corrected chi connectivity index (χ0v) is 14.0. The van der Waals surface area contributed by atoms with E-state index in [0.29, 0.717) is 28.7 Å². The maximum Gasteiger partial charge on any atom is 0.378 e. The fourth-order valence-corrected chi connectivity index (χ4v) is 2.83. The number of esters is 1. The summed E-state index contributed by atoms with van der Waals surface area (Å²) < 4.78 is 17.5. The second kappa shape index (κ2) is 6.30. The quantitative estimate of drug-likeness (QED) is 0.662. The van der Waals surface area contributed by atoms with E-state index in [2.05, 4.69) is 15.1 Å². The highest BCUT2D eigenvalue weighted by Gasteiger charge is 2.20. The van der Waals surface area contributed by atoms with E-state index in [0.717, 1.165) is 11.3 Å². The number of carbonyl (C=O) groups excluding carboxylic acids is 1. The molecule has 8 nitrogen and oxygen atoms in total. The SMILES string of the molecule is Cc1ccnc2nc(C(=O)OCc3cc(Cl)cc4c3OCOC4)nn12. The first-order valence-corrected chi connectivity index (χ1v) is 7.87. The molecule has 25 heavy (non-hydrogen) atoms. The summed E-state index contributed by atoms with van der Waals surface area (Å²) in [4.78, 5) is 20.4. The minimum absolute atomic E-state index is 0.0102. The van der Waals surface area contributed by atoms with E-state index in [1.165, 1.54) is 4.52 Å². The van der Waals surface area contributed by atoms with Crippen LogP contribution in [-0.2, 0) is 22.7 Å². The van der Waals surface area contributed by atoms with Gasteiger partial charge in [-0.2, -0.15) is 4.98 Å². The molecular weight excluding hydrogens is 348 g/mol. The minimum atomic E-state index is -0.648. The van der Waals surface area contributed by atoms with E-state index < -0.39 is 5.97 Å². The van der Waals surface area contributed by atoms with Crippen LogP contribution in [0.15, 0.2) is 24.4 Å². The molecule has 3 heterocycles. The van der Waals surface area contributed by atoms with Crippen LogP contribution < -0.4 is 4.74 Å². The molecule has 1 aliphatic rings. The van der Waals surface area contributed by atoms with Crippen LogP contribution in [0.25, 0.3) is 5.78 Å². The summed E-state index contributed by atoms with van der Waals surface area (Å²) in [6, 6.07) is 5.23. The Morgan fingerprint density at radius 2 is 2.32 bits per heavy atom. The summed E-state index contributed by atoms with van der Waals surface area (Å²) >= 11 is 6.10. The molecule has 0 saturated heterocycles. The number of aromatic nitrogens is 4. The summed E-state index contributed by atoms with van der Waals surface area (Å²) in [5, 5.41) is 4.64. The molecular formula is C16H13ClN4O4. The van der Waals surface area contributed by atoms with Gasteiger partial charge in [-0.15, -0.1) is 5.10 Å². The summed E-state index contributed by atoms with van der Waals surface area (Å²) in [6.07, 6.45) is 1.60. The molecule has 0 bridgehead atoms. The lowest BCUT2D eigenvalue weighted by Crippen LogP contribution is -2.14. The van der Waals surface area contributed by atoms with Crippen molar-refractivity contribution >= 4 is 23.3 Å². The average molecular weight is 361 g/mol. The highest BCUT2D eigenvalue weighted by molar-refractivity contribution is 6.30. The van der Waals surface area contributed by atoms with Crippen molar-refractivity contribution in [3.05, 3.63) is 52.1 Å². The molecule has 0 atom stereocenters. The van der Waals surface area contributed by atoms with Gasteiger partial charge in [-0.3, -0.25) is 0 Å². The Balaban J connectivity index is 1.55. The smallest absolute Gasteiger partial charge is 0.378 e. The molecule has 1 aliphatic heterocycles. The summed E-state index contributed by atoms with van der Waals surface area (Å²) in [5.41, 5.74) is 2.29. The Labute approximate surface area is 147 Å². The zero-order chi connectivity index (χ0) is 17.4. The Bertz CT molecular complexity index is 972. The number of carbonyl (C=O) groups is 1. The first kappa shape index (κ1) is 15.8. The van der Waals surface area contributed by atoms with Crippen LogP contribution in [0.1, 0.15) is 27.4 Å². The van der Waals surface area contributed by atoms with Crippen molar-refractivity contribution in [2.24, 2.45) is 0 Å². The number of rotatable bonds is 3. The molecule has 4 rings (SSSR count). The fraction of sp³-hybridized carbons (Fsp3) is 0.250. The predicted molar refractivity (Wildman–Crippen MR) is 86.4 cm³/mol. The molecule has 3 aromatic rings. The third-order valence-corrected chi connectivity index (χ3v) is 3.94. The number of fused-ring (bicyclic) bond motifs is 2. The molecule has 0 saturated carbocycles. The maximum absolute atomic E-state index is 12.3. The third-order valence-electron chi connectivity index (χ3n) is 3.72. The third kappa shape index (κ3) is 3.01. The normalized spacial score (nSPS) is 13.4. The van der Waals surface area contributed by atoms with Crippen molar-refractivity contribution in [3.63, 3.8) is 0 Å². The molecule has 1 aromatic carbocycles. The van der Waals surface area contributed by atoms with Crippen LogP contribution in [0, 0.1) is 6.92 Å². The van der Waals surface area contributed by atoms with E-state index in [4.69, 9.17) is 25.8 Å². The number of nitrogens with zero attached hydrogens (tertiary/aromatic N) is 4. The lowest BCUT2D eigenvalue weighted by molar-refractivity contribution is -0.0180. The van der Waals surface area contributed by atoms with Crippen LogP contribution in [0.5, 0.6) is 5.75 Å². The molecule has 0 aliphatic carbocycles. The van der Waals surface area contributed by atoms with Gasteiger partial charge in [-0.1, -0.05) is 11.6 Å². The molecule has 0 spiro atoms. The topological polar surface area (TPSA) is 87.8 Å². The first-order chi connectivity index (χ1) is 12.1. The minimum Gasteiger partial charge on any atom is -0.467 e. The van der Waals surface area contributed by atoms with Gasteiger partial charge in [0, 0.05) is 28.0 Å². The monoisotopic (exact) mass is 360 g/mol. The van der Waals surface area contributed by atoms with Crippen molar-refractivity contribution in [2.45, 2.75) is 20.1 Å². The van der Waals surface area contributed by atoms with Crippen LogP contribution in [-0.4, -0.2) is 32.3 Å². The largest absolute Gasteiger partial charge is 0.467 e. The number of aryl methyl sites for hydroxylation is 1. The van der Waals surface area contributed by atoms with E-state index in [1.807, 2.05) is 6.92 Å². The second-order valence-electron chi connectivity index (χ2n) is 5.47. The Hall–Kier alpha value is -2.71. The second-order valence-corrected chi connectivity index (χ2v) is 5.91. The molecule has 0 N–H and O–H groups in total. The van der Waals surface area contributed by atoms with Gasteiger partial charge in [0.2, 0.25) is 0 Å². The number of hydrogen-bond acceptors (Lipinski definition) is 7. The molecule has 9 heteroatoms. The maximum atomic E-state index is 12.3. The van der Waals surface area contributed by atoms with E-state index >= 15 is 0 Å². The van der Waals surface area contributed by atoms with Gasteiger partial charge in [0.15, 0.2) is 6.79 Å². The van der Waals surface area contributed by atoms with E-state index in [9.17, 15) is 4.79 Å². The van der Waals surface area contributed by atoms with Gasteiger partial charge in [0.1, 0.15) is 12.4 Å². The van der Waals surface area contributed by atoms with Crippen molar-refractivity contribution < 1.29 is 19.0 Å².